The molecule has 0 fully saturated rings. The van der Waals surface area contributed by atoms with Gasteiger partial charge in [-0.05, 0) is 52.7 Å². The van der Waals surface area contributed by atoms with Crippen molar-refractivity contribution >= 4 is 33.9 Å². The average molecular weight is 428 g/mol. The van der Waals surface area contributed by atoms with E-state index < -0.39 is 0 Å². The lowest BCUT2D eigenvalue weighted by Crippen LogP contribution is -2.26. The van der Waals surface area contributed by atoms with Gasteiger partial charge in [-0.15, -0.1) is 0 Å². The van der Waals surface area contributed by atoms with Crippen LogP contribution >= 0.6 is 0 Å². The molecule has 3 N–H and O–H groups in total. The minimum Gasteiger partial charge on any atom is -0.384 e. The van der Waals surface area contributed by atoms with E-state index in [1.165, 1.54) is 0 Å². The summed E-state index contributed by atoms with van der Waals surface area (Å²) < 4.78 is 13.1. The Morgan fingerprint density at radius 1 is 1.03 bits per heavy atom. The number of nitrogens with two attached hydrogens (primary N) is 1. The van der Waals surface area contributed by atoms with Crippen molar-refractivity contribution in [1.82, 2.24) is 19.9 Å². The third-order valence-corrected chi connectivity index (χ3v) is 4.85. The molecular weight excluding hydrogens is 394 g/mol. The van der Waals surface area contributed by atoms with Gasteiger partial charge in [0.05, 0.1) is 23.2 Å². The maximum Gasteiger partial charge on any atom is 0.257 e. The first-order valence-corrected chi connectivity index (χ1v) is 10.9. The van der Waals surface area contributed by atoms with E-state index in [1.807, 2.05) is 56.5 Å². The number of para-hydroxylation sites is 2. The standard InChI is InChI=1S/C23H33N5O3/c1-15(2)30-13-7-11-25-23(29)19-20-22(27-18-10-6-5-9-17(18)26-20)28(21(19)24)12-8-14-31-16(3)4/h5-6,9-10,15-16H,7-8,11-14,24H2,1-4H3,(H,25,29). The van der Waals surface area contributed by atoms with Crippen molar-refractivity contribution in [2.45, 2.75) is 59.3 Å². The molecule has 0 aliphatic rings. The van der Waals surface area contributed by atoms with Gasteiger partial charge < -0.3 is 25.1 Å². The molecule has 0 bridgehead atoms. The molecule has 0 saturated heterocycles. The summed E-state index contributed by atoms with van der Waals surface area (Å²) in [5, 5.41) is 2.94. The Morgan fingerprint density at radius 2 is 1.65 bits per heavy atom. The number of fused-ring (bicyclic) bond motifs is 2. The molecule has 1 amide bonds. The molecule has 8 heteroatoms. The van der Waals surface area contributed by atoms with E-state index >= 15 is 0 Å². The number of nitrogens with zero attached hydrogens (tertiary/aromatic N) is 3. The molecule has 1 aromatic carbocycles. The van der Waals surface area contributed by atoms with Crippen LogP contribution in [0.5, 0.6) is 0 Å². The van der Waals surface area contributed by atoms with Gasteiger partial charge in [0.25, 0.3) is 5.91 Å². The number of nitrogens with one attached hydrogen (secondary N) is 1. The minimum absolute atomic E-state index is 0.170. The van der Waals surface area contributed by atoms with Crippen molar-refractivity contribution in [3.8, 4) is 0 Å². The van der Waals surface area contributed by atoms with E-state index in [2.05, 4.69) is 5.32 Å². The van der Waals surface area contributed by atoms with E-state index in [4.69, 9.17) is 25.2 Å². The maximum atomic E-state index is 13.0. The first kappa shape index (κ1) is 23.0. The lowest BCUT2D eigenvalue weighted by molar-refractivity contribution is 0.0750. The molecular formula is C23H33N5O3. The molecule has 0 radical (unpaired) electrons. The molecule has 31 heavy (non-hydrogen) atoms. The predicted molar refractivity (Wildman–Crippen MR) is 123 cm³/mol. The van der Waals surface area contributed by atoms with Crippen LogP contribution in [0.2, 0.25) is 0 Å². The first-order valence-electron chi connectivity index (χ1n) is 10.9. The van der Waals surface area contributed by atoms with Crippen molar-refractivity contribution in [3.63, 3.8) is 0 Å². The summed E-state index contributed by atoms with van der Waals surface area (Å²) in [4.78, 5) is 22.5. The highest BCUT2D eigenvalue weighted by Crippen LogP contribution is 2.28. The summed E-state index contributed by atoms with van der Waals surface area (Å²) in [6.07, 6.45) is 1.83. The number of rotatable bonds is 11. The summed E-state index contributed by atoms with van der Waals surface area (Å²) in [7, 11) is 0. The number of carbonyl (C=O) groups excluding carboxylic acids is 1. The Hall–Kier alpha value is -2.71. The largest absolute Gasteiger partial charge is 0.384 e. The molecule has 2 aromatic heterocycles. The number of ether oxygens (including phenoxy) is 2. The van der Waals surface area contributed by atoms with Gasteiger partial charge in [0.2, 0.25) is 0 Å². The fraction of sp³-hybridized carbons (Fsp3) is 0.522. The monoisotopic (exact) mass is 427 g/mol. The number of carbonyl (C=O) groups is 1. The summed E-state index contributed by atoms with van der Waals surface area (Å²) in [6.45, 7) is 10.3. The third kappa shape index (κ3) is 5.71. The van der Waals surface area contributed by atoms with Crippen LogP contribution in [-0.2, 0) is 16.0 Å². The quantitative estimate of drug-likeness (QED) is 0.454. The first-order chi connectivity index (χ1) is 14.9. The number of anilines is 1. The fourth-order valence-corrected chi connectivity index (χ4v) is 3.39. The molecule has 0 saturated carbocycles. The Balaban J connectivity index is 1.87. The molecule has 0 spiro atoms. The highest BCUT2D eigenvalue weighted by atomic mass is 16.5. The second-order valence-corrected chi connectivity index (χ2v) is 8.10. The van der Waals surface area contributed by atoms with Crippen LogP contribution in [0.4, 0.5) is 5.82 Å². The molecule has 168 valence electrons. The van der Waals surface area contributed by atoms with Crippen LogP contribution in [0.25, 0.3) is 22.2 Å². The number of aromatic nitrogens is 3. The van der Waals surface area contributed by atoms with Gasteiger partial charge in [-0.3, -0.25) is 4.79 Å². The van der Waals surface area contributed by atoms with Crippen molar-refractivity contribution < 1.29 is 14.3 Å². The van der Waals surface area contributed by atoms with Gasteiger partial charge in [-0.25, -0.2) is 9.97 Å². The highest BCUT2D eigenvalue weighted by molar-refractivity contribution is 6.10. The summed E-state index contributed by atoms with van der Waals surface area (Å²) in [6, 6.07) is 7.62. The van der Waals surface area contributed by atoms with E-state index in [1.54, 1.807) is 0 Å². The van der Waals surface area contributed by atoms with Crippen LogP contribution < -0.4 is 11.1 Å². The lowest BCUT2D eigenvalue weighted by atomic mass is 10.2. The van der Waals surface area contributed by atoms with Crippen molar-refractivity contribution in [2.24, 2.45) is 0 Å². The van der Waals surface area contributed by atoms with E-state index in [0.717, 1.165) is 23.9 Å². The zero-order valence-electron chi connectivity index (χ0n) is 18.9. The van der Waals surface area contributed by atoms with Gasteiger partial charge in [0.15, 0.2) is 5.65 Å². The van der Waals surface area contributed by atoms with Crippen LogP contribution in [0.15, 0.2) is 24.3 Å². The topological polar surface area (TPSA) is 104 Å². The number of aryl methyl sites for hydroxylation is 1. The summed E-state index contributed by atoms with van der Waals surface area (Å²) in [5.41, 5.74) is 9.47. The smallest absolute Gasteiger partial charge is 0.257 e. The average Bonchev–Trinajstić information content (AvgIpc) is 2.99. The SMILES string of the molecule is CC(C)OCCCNC(=O)c1c(N)n(CCCOC(C)C)c2nc3ccccc3nc12. The molecule has 3 rings (SSSR count). The zero-order chi connectivity index (χ0) is 22.4. The van der Waals surface area contributed by atoms with Crippen molar-refractivity contribution in [1.29, 1.82) is 0 Å². The molecule has 0 atom stereocenters. The van der Waals surface area contributed by atoms with Crippen LogP contribution in [0, 0.1) is 0 Å². The van der Waals surface area contributed by atoms with Gasteiger partial charge in [0.1, 0.15) is 16.9 Å². The molecule has 0 unspecified atom stereocenters. The number of hydrogen-bond acceptors (Lipinski definition) is 6. The Kier molecular flexibility index (Phi) is 7.81. The molecule has 2 heterocycles. The molecule has 0 aliphatic heterocycles. The van der Waals surface area contributed by atoms with Crippen LogP contribution in [0.3, 0.4) is 0 Å². The number of hydrogen-bond donors (Lipinski definition) is 2. The molecule has 3 aromatic rings. The normalized spacial score (nSPS) is 11.8. The van der Waals surface area contributed by atoms with E-state index in [0.29, 0.717) is 48.8 Å². The Labute approximate surface area is 183 Å². The maximum absolute atomic E-state index is 13.0. The zero-order valence-corrected chi connectivity index (χ0v) is 18.9. The second-order valence-electron chi connectivity index (χ2n) is 8.10. The highest BCUT2D eigenvalue weighted by Gasteiger charge is 2.23. The van der Waals surface area contributed by atoms with Gasteiger partial charge in [0, 0.05) is 26.3 Å². The fourth-order valence-electron chi connectivity index (χ4n) is 3.39. The van der Waals surface area contributed by atoms with Gasteiger partial charge in [-0.1, -0.05) is 12.1 Å². The van der Waals surface area contributed by atoms with E-state index in [-0.39, 0.29) is 18.1 Å². The third-order valence-electron chi connectivity index (χ3n) is 4.85. The van der Waals surface area contributed by atoms with Crippen molar-refractivity contribution in [2.75, 3.05) is 25.5 Å². The molecule has 8 nitrogen and oxygen atoms in total. The second kappa shape index (κ2) is 10.5. The Morgan fingerprint density at radius 3 is 2.29 bits per heavy atom. The van der Waals surface area contributed by atoms with Crippen molar-refractivity contribution in [3.05, 3.63) is 29.8 Å². The number of nitrogen functional groups attached to an aromatic ring is 1. The molecule has 0 aliphatic carbocycles. The lowest BCUT2D eigenvalue weighted by Gasteiger charge is -2.10. The Bertz CT molecular complexity index is 1030. The van der Waals surface area contributed by atoms with Crippen LogP contribution in [0.1, 0.15) is 50.9 Å². The number of amides is 1. The summed E-state index contributed by atoms with van der Waals surface area (Å²) in [5.74, 6) is 0.139. The van der Waals surface area contributed by atoms with Gasteiger partial charge >= 0.3 is 0 Å². The van der Waals surface area contributed by atoms with E-state index in [9.17, 15) is 4.79 Å². The van der Waals surface area contributed by atoms with Crippen LogP contribution in [-0.4, -0.2) is 52.4 Å². The summed E-state index contributed by atoms with van der Waals surface area (Å²) >= 11 is 0. The number of benzene rings is 1. The van der Waals surface area contributed by atoms with Gasteiger partial charge in [-0.2, -0.15) is 0 Å². The predicted octanol–water partition coefficient (Wildman–Crippen LogP) is 3.53. The minimum atomic E-state index is -0.242.